The highest BCUT2D eigenvalue weighted by molar-refractivity contribution is 7.85. The minimum absolute atomic E-state index is 0.220. The van der Waals surface area contributed by atoms with Gasteiger partial charge in [0.15, 0.2) is 0 Å². The minimum Gasteiger partial charge on any atom is -0.352 e. The zero-order valence-electron chi connectivity index (χ0n) is 22.7. The predicted molar refractivity (Wildman–Crippen MR) is 159 cm³/mol. The van der Waals surface area contributed by atoms with Crippen molar-refractivity contribution in [2.45, 2.75) is 48.9 Å². The van der Waals surface area contributed by atoms with Crippen LogP contribution in [0.15, 0.2) is 76.5 Å². The molecule has 2 aliphatic rings. The first kappa shape index (κ1) is 28.5. The molecular weight excluding hydrogens is 544 g/mol. The van der Waals surface area contributed by atoms with Gasteiger partial charge in [0.05, 0.1) is 31.8 Å². The number of benzene rings is 3. The second-order valence-corrected chi connectivity index (χ2v) is 12.2. The average Bonchev–Trinajstić information content (AvgIpc) is 3.07. The van der Waals surface area contributed by atoms with Gasteiger partial charge in [-0.15, -0.1) is 0 Å². The lowest BCUT2D eigenvalue weighted by Crippen LogP contribution is -2.43. The highest BCUT2D eigenvalue weighted by atomic mass is 35.5. The summed E-state index contributed by atoms with van der Waals surface area (Å²) in [5.74, 6) is 0.217. The second kappa shape index (κ2) is 13.1. The Balaban J connectivity index is 1.33. The Kier molecular flexibility index (Phi) is 9.32. The van der Waals surface area contributed by atoms with E-state index in [9.17, 15) is 13.8 Å². The molecule has 2 heterocycles. The Morgan fingerprint density at radius 1 is 1.07 bits per heavy atom. The van der Waals surface area contributed by atoms with Gasteiger partial charge in [0.25, 0.3) is 11.8 Å². The van der Waals surface area contributed by atoms with Crippen molar-refractivity contribution >= 4 is 39.9 Å². The summed E-state index contributed by atoms with van der Waals surface area (Å²) < 4.78 is 13.6. The second-order valence-electron chi connectivity index (χ2n) is 10.4. The van der Waals surface area contributed by atoms with Crippen LogP contribution in [0.2, 0.25) is 5.02 Å². The summed E-state index contributed by atoms with van der Waals surface area (Å²) in [4.78, 5) is 30.3. The molecule has 1 fully saturated rings. The summed E-state index contributed by atoms with van der Waals surface area (Å²) in [5, 5.41) is 5.02. The molecule has 5 rings (SSSR count). The number of hydrogen-bond donors (Lipinski definition) is 2. The third-order valence-corrected chi connectivity index (χ3v) is 9.36. The molecule has 40 heavy (non-hydrogen) atoms. The fourth-order valence-electron chi connectivity index (χ4n) is 5.41. The van der Waals surface area contributed by atoms with E-state index in [-0.39, 0.29) is 11.8 Å². The van der Waals surface area contributed by atoms with Crippen LogP contribution in [0.4, 0.5) is 5.69 Å². The highest BCUT2D eigenvalue weighted by Gasteiger charge is 2.31. The first-order valence-electron chi connectivity index (χ1n) is 13.9. The van der Waals surface area contributed by atoms with Crippen LogP contribution in [0.5, 0.6) is 0 Å². The van der Waals surface area contributed by atoms with Gasteiger partial charge in [0.1, 0.15) is 0 Å². The van der Waals surface area contributed by atoms with Gasteiger partial charge in [0, 0.05) is 30.2 Å². The Labute approximate surface area is 243 Å². The van der Waals surface area contributed by atoms with Crippen LogP contribution in [0, 0.1) is 5.92 Å². The van der Waals surface area contributed by atoms with Gasteiger partial charge in [-0.3, -0.25) is 9.59 Å². The molecule has 2 aliphatic heterocycles. The molecule has 210 valence electrons. The van der Waals surface area contributed by atoms with E-state index in [1.54, 1.807) is 48.5 Å². The van der Waals surface area contributed by atoms with Crippen molar-refractivity contribution in [2.75, 3.05) is 31.2 Å². The maximum Gasteiger partial charge on any atom is 0.273 e. The molecule has 3 aromatic rings. The van der Waals surface area contributed by atoms with Gasteiger partial charge >= 0.3 is 0 Å². The number of rotatable bonds is 9. The van der Waals surface area contributed by atoms with Gasteiger partial charge in [-0.25, -0.2) is 14.6 Å². The molecule has 0 bridgehead atoms. The molecule has 0 aromatic heterocycles. The standard InChI is InChI=1S/C31H35ClN4O3S/c1-2-22-9-6-16-35(21-22)17-7-15-33-30(37)24-13-14-29-27(19-24)36(34-20-23-8-5-10-25(32)18-23)31(38)26-11-3-4-12-28(26)40(29)39/h3-5,8,10-14,18-19,22,34H,2,6-7,9,15-17,20-21H2,1H3,(H,33,37). The predicted octanol–water partition coefficient (Wildman–Crippen LogP) is 5.41. The number of fused-ring (bicyclic) bond motifs is 2. The monoisotopic (exact) mass is 578 g/mol. The van der Waals surface area contributed by atoms with Crippen LogP contribution in [0.25, 0.3) is 0 Å². The van der Waals surface area contributed by atoms with E-state index < -0.39 is 10.8 Å². The lowest BCUT2D eigenvalue weighted by molar-refractivity contribution is 0.0944. The molecule has 2 amide bonds. The molecule has 3 aromatic carbocycles. The molecule has 2 atom stereocenters. The van der Waals surface area contributed by atoms with Crippen molar-refractivity contribution in [1.82, 2.24) is 15.6 Å². The van der Waals surface area contributed by atoms with Gasteiger partial charge < -0.3 is 10.2 Å². The van der Waals surface area contributed by atoms with Crippen LogP contribution >= 0.6 is 11.6 Å². The molecule has 0 radical (unpaired) electrons. The molecule has 2 unspecified atom stereocenters. The highest BCUT2D eigenvalue weighted by Crippen LogP contribution is 2.34. The third kappa shape index (κ3) is 6.47. The Hall–Kier alpha value is -3.04. The number of hydrogen-bond acceptors (Lipinski definition) is 5. The van der Waals surface area contributed by atoms with Crippen molar-refractivity contribution in [3.63, 3.8) is 0 Å². The zero-order chi connectivity index (χ0) is 28.1. The van der Waals surface area contributed by atoms with Crippen LogP contribution in [-0.4, -0.2) is 47.1 Å². The van der Waals surface area contributed by atoms with Gasteiger partial charge in [-0.2, -0.15) is 0 Å². The van der Waals surface area contributed by atoms with Crippen molar-refractivity contribution in [3.05, 3.63) is 88.4 Å². The van der Waals surface area contributed by atoms with Gasteiger partial charge in [0.2, 0.25) is 0 Å². The molecule has 1 saturated heterocycles. The molecule has 0 spiro atoms. The van der Waals surface area contributed by atoms with E-state index in [2.05, 4.69) is 22.6 Å². The van der Waals surface area contributed by atoms with E-state index in [0.29, 0.717) is 44.7 Å². The van der Waals surface area contributed by atoms with Gasteiger partial charge in [-0.1, -0.05) is 49.2 Å². The smallest absolute Gasteiger partial charge is 0.273 e. The van der Waals surface area contributed by atoms with Crippen molar-refractivity contribution < 1.29 is 13.8 Å². The van der Waals surface area contributed by atoms with Crippen LogP contribution in [0.1, 0.15) is 58.9 Å². The lowest BCUT2D eigenvalue weighted by atomic mass is 9.95. The zero-order valence-corrected chi connectivity index (χ0v) is 24.3. The summed E-state index contributed by atoms with van der Waals surface area (Å²) in [6.07, 6.45) is 4.64. The van der Waals surface area contributed by atoms with E-state index in [1.165, 1.54) is 24.3 Å². The number of nitrogens with zero attached hydrogens (tertiary/aromatic N) is 2. The number of likely N-dealkylation sites (tertiary alicyclic amines) is 1. The maximum absolute atomic E-state index is 13.7. The number of piperidine rings is 1. The number of anilines is 1. The third-order valence-electron chi connectivity index (χ3n) is 7.63. The molecule has 0 saturated carbocycles. The molecule has 2 N–H and O–H groups in total. The first-order valence-corrected chi connectivity index (χ1v) is 15.4. The van der Waals surface area contributed by atoms with Crippen molar-refractivity contribution in [2.24, 2.45) is 5.92 Å². The molecule has 0 aliphatic carbocycles. The van der Waals surface area contributed by atoms with Crippen molar-refractivity contribution in [3.8, 4) is 0 Å². The summed E-state index contributed by atoms with van der Waals surface area (Å²) in [6.45, 7) is 6.36. The average molecular weight is 579 g/mol. The Morgan fingerprint density at radius 3 is 2.75 bits per heavy atom. The van der Waals surface area contributed by atoms with E-state index in [4.69, 9.17) is 11.6 Å². The fraction of sp³-hybridized carbons (Fsp3) is 0.355. The number of amides is 2. The topological polar surface area (TPSA) is 81.8 Å². The number of nitrogens with one attached hydrogen (secondary N) is 2. The minimum atomic E-state index is -1.60. The quantitative estimate of drug-likeness (QED) is 0.332. The van der Waals surface area contributed by atoms with Crippen molar-refractivity contribution in [1.29, 1.82) is 0 Å². The number of carbonyl (C=O) groups is 2. The summed E-state index contributed by atoms with van der Waals surface area (Å²) in [7, 11) is -1.60. The fourth-order valence-corrected chi connectivity index (χ4v) is 6.95. The summed E-state index contributed by atoms with van der Waals surface area (Å²) >= 11 is 6.16. The SMILES string of the molecule is CCC1CCCN(CCCNC(=O)c2ccc3c(c2)N(NCc2cccc(Cl)c2)C(=O)c2ccccc2S3=O)C1. The number of hydrazine groups is 1. The molecule has 9 heteroatoms. The lowest BCUT2D eigenvalue weighted by Gasteiger charge is -2.32. The molecular formula is C31H35ClN4O3S. The van der Waals surface area contributed by atoms with E-state index in [1.807, 2.05) is 18.2 Å². The summed E-state index contributed by atoms with van der Waals surface area (Å²) in [6, 6.07) is 19.3. The normalized spacial score (nSPS) is 19.1. The Bertz CT molecular complexity index is 1410. The number of halogens is 1. The molecule has 7 nitrogen and oxygen atoms in total. The van der Waals surface area contributed by atoms with Gasteiger partial charge in [-0.05, 0) is 86.3 Å². The van der Waals surface area contributed by atoms with E-state index >= 15 is 0 Å². The maximum atomic E-state index is 13.7. The van der Waals surface area contributed by atoms with E-state index in [0.717, 1.165) is 37.5 Å². The van der Waals surface area contributed by atoms with Crippen LogP contribution in [0.3, 0.4) is 0 Å². The van der Waals surface area contributed by atoms with Crippen LogP contribution < -0.4 is 15.8 Å². The Morgan fingerprint density at radius 2 is 1.93 bits per heavy atom. The summed E-state index contributed by atoms with van der Waals surface area (Å²) in [5.41, 5.74) is 5.23. The van der Waals surface area contributed by atoms with Crippen LogP contribution in [-0.2, 0) is 17.3 Å². The first-order chi connectivity index (χ1) is 19.4. The largest absolute Gasteiger partial charge is 0.352 e. The number of carbonyl (C=O) groups excluding carboxylic acids is 2.